The molecule has 9 heteroatoms. The number of carbonyl (C=O) groups is 3. The maximum atomic E-state index is 12.5. The third kappa shape index (κ3) is 2.89. The average molecular weight is 385 g/mol. The minimum absolute atomic E-state index is 0.0802. The van der Waals surface area contributed by atoms with Gasteiger partial charge in [-0.1, -0.05) is 0 Å². The molecule has 0 aromatic heterocycles. The Morgan fingerprint density at radius 1 is 1.39 bits per heavy atom. The van der Waals surface area contributed by atoms with E-state index in [1.54, 1.807) is 6.07 Å². The van der Waals surface area contributed by atoms with Crippen molar-refractivity contribution in [2.45, 2.75) is 12.0 Å². The van der Waals surface area contributed by atoms with Gasteiger partial charge in [-0.05, 0) is 28.1 Å². The van der Waals surface area contributed by atoms with Crippen LogP contribution in [-0.2, 0) is 14.3 Å². The molecule has 0 saturated carbocycles. The molecule has 1 unspecified atom stereocenters. The average Bonchev–Trinajstić information content (AvgIpc) is 2.96. The van der Waals surface area contributed by atoms with Crippen molar-refractivity contribution in [3.05, 3.63) is 22.2 Å². The number of benzene rings is 1. The summed E-state index contributed by atoms with van der Waals surface area (Å²) in [5, 5.41) is 14.5. The molecular weight excluding hydrogens is 372 g/mol. The lowest BCUT2D eigenvalue weighted by atomic mass is 9.98. The fraction of sp³-hybridized carbons (Fsp3) is 0.357. The number of carboxylic acid groups (broad SMARTS) is 1. The summed E-state index contributed by atoms with van der Waals surface area (Å²) in [7, 11) is 0. The van der Waals surface area contributed by atoms with Gasteiger partial charge in [0.2, 0.25) is 0 Å². The second-order valence-electron chi connectivity index (χ2n) is 5.31. The molecule has 1 aromatic carbocycles. The molecule has 0 aliphatic carbocycles. The number of amides is 2. The van der Waals surface area contributed by atoms with Crippen molar-refractivity contribution in [3.8, 4) is 5.75 Å². The Hall–Kier alpha value is -2.13. The highest BCUT2D eigenvalue weighted by atomic mass is 79.9. The molecular formula is C14H13BrN2O6. The molecule has 0 radical (unpaired) electrons. The maximum absolute atomic E-state index is 12.5. The van der Waals surface area contributed by atoms with Crippen molar-refractivity contribution in [1.29, 1.82) is 0 Å². The van der Waals surface area contributed by atoms with Gasteiger partial charge in [0.25, 0.3) is 11.8 Å². The third-order valence-corrected chi connectivity index (χ3v) is 4.39. The van der Waals surface area contributed by atoms with E-state index in [0.29, 0.717) is 15.9 Å². The van der Waals surface area contributed by atoms with Crippen LogP contribution in [-0.4, -0.2) is 48.2 Å². The second-order valence-corrected chi connectivity index (χ2v) is 6.16. The van der Waals surface area contributed by atoms with E-state index in [0.717, 1.165) is 0 Å². The Bertz CT molecular complexity index is 699. The summed E-state index contributed by atoms with van der Waals surface area (Å²) < 4.78 is 10.8. The molecule has 2 heterocycles. The standard InChI is InChI=1S/C14H13BrN2O6/c15-8-4-9-10(23-5-11(18)16-9)3-7(8)12(19)17-14(13(20)21)1-2-22-6-14/h3-4H,1-2,5-6H2,(H,16,18)(H,17,19)(H,20,21). The normalized spacial score (nSPS) is 22.7. The number of carboxylic acids is 1. The lowest BCUT2D eigenvalue weighted by molar-refractivity contribution is -0.144. The van der Waals surface area contributed by atoms with Crippen LogP contribution >= 0.6 is 15.9 Å². The molecule has 23 heavy (non-hydrogen) atoms. The van der Waals surface area contributed by atoms with E-state index >= 15 is 0 Å². The Labute approximate surface area is 139 Å². The Morgan fingerprint density at radius 2 is 2.17 bits per heavy atom. The first-order chi connectivity index (χ1) is 10.9. The summed E-state index contributed by atoms with van der Waals surface area (Å²) in [6, 6.07) is 3.00. The molecule has 1 fully saturated rings. The Balaban J connectivity index is 1.88. The summed E-state index contributed by atoms with van der Waals surface area (Å²) >= 11 is 3.25. The topological polar surface area (TPSA) is 114 Å². The number of anilines is 1. The fourth-order valence-electron chi connectivity index (χ4n) is 2.44. The summed E-state index contributed by atoms with van der Waals surface area (Å²) in [4.78, 5) is 35.2. The van der Waals surface area contributed by atoms with E-state index in [2.05, 4.69) is 26.6 Å². The first-order valence-corrected chi connectivity index (χ1v) is 7.60. The van der Waals surface area contributed by atoms with E-state index in [-0.39, 0.29) is 37.7 Å². The molecule has 1 aromatic rings. The van der Waals surface area contributed by atoms with E-state index in [1.165, 1.54) is 6.07 Å². The van der Waals surface area contributed by atoms with Gasteiger partial charge in [0, 0.05) is 17.5 Å². The highest BCUT2D eigenvalue weighted by Gasteiger charge is 2.44. The minimum Gasteiger partial charge on any atom is -0.482 e. The van der Waals surface area contributed by atoms with Gasteiger partial charge in [-0.3, -0.25) is 9.59 Å². The maximum Gasteiger partial charge on any atom is 0.331 e. The minimum atomic E-state index is -1.43. The second kappa shape index (κ2) is 5.82. The molecule has 3 N–H and O–H groups in total. The predicted molar refractivity (Wildman–Crippen MR) is 81.5 cm³/mol. The van der Waals surface area contributed by atoms with Gasteiger partial charge in [0.15, 0.2) is 12.1 Å². The van der Waals surface area contributed by atoms with Gasteiger partial charge in [0.05, 0.1) is 17.9 Å². The van der Waals surface area contributed by atoms with Crippen LogP contribution in [0.15, 0.2) is 16.6 Å². The van der Waals surface area contributed by atoms with Crippen LogP contribution in [0.3, 0.4) is 0 Å². The summed E-state index contributed by atoms with van der Waals surface area (Å²) in [6.45, 7) is 0.0544. The molecule has 8 nitrogen and oxygen atoms in total. The molecule has 1 saturated heterocycles. The lowest BCUT2D eigenvalue weighted by Gasteiger charge is -2.25. The monoisotopic (exact) mass is 384 g/mol. The van der Waals surface area contributed by atoms with Crippen LogP contribution in [0.4, 0.5) is 5.69 Å². The molecule has 0 bridgehead atoms. The highest BCUT2D eigenvalue weighted by molar-refractivity contribution is 9.10. The number of ether oxygens (including phenoxy) is 2. The van der Waals surface area contributed by atoms with Crippen molar-refractivity contribution >= 4 is 39.4 Å². The summed E-state index contributed by atoms with van der Waals surface area (Å²) in [5.41, 5.74) is -0.768. The first kappa shape index (κ1) is 15.8. The molecule has 3 rings (SSSR count). The third-order valence-electron chi connectivity index (χ3n) is 3.73. The van der Waals surface area contributed by atoms with Crippen molar-refractivity contribution in [3.63, 3.8) is 0 Å². The van der Waals surface area contributed by atoms with Gasteiger partial charge < -0.3 is 25.2 Å². The number of aliphatic carboxylic acids is 1. The van der Waals surface area contributed by atoms with Crippen LogP contribution in [0, 0.1) is 0 Å². The molecule has 2 aliphatic rings. The number of rotatable bonds is 3. The lowest BCUT2D eigenvalue weighted by Crippen LogP contribution is -2.55. The van der Waals surface area contributed by atoms with E-state index in [4.69, 9.17) is 9.47 Å². The summed E-state index contributed by atoms with van der Waals surface area (Å²) in [6.07, 6.45) is 0.198. The van der Waals surface area contributed by atoms with Crippen LogP contribution in [0.5, 0.6) is 5.75 Å². The molecule has 1 atom stereocenters. The Kier molecular flexibility index (Phi) is 3.99. The van der Waals surface area contributed by atoms with Crippen molar-refractivity contribution in [1.82, 2.24) is 5.32 Å². The SMILES string of the molecule is O=C1COc2cc(C(=O)NC3(C(=O)O)CCOC3)c(Br)cc2N1. The van der Waals surface area contributed by atoms with Gasteiger partial charge in [0.1, 0.15) is 5.75 Å². The molecule has 0 spiro atoms. The molecule has 2 aliphatic heterocycles. The van der Waals surface area contributed by atoms with Gasteiger partial charge in [-0.25, -0.2) is 4.79 Å². The number of carbonyl (C=O) groups excluding carboxylic acids is 2. The Morgan fingerprint density at radius 3 is 2.83 bits per heavy atom. The van der Waals surface area contributed by atoms with Crippen LogP contribution in [0.25, 0.3) is 0 Å². The van der Waals surface area contributed by atoms with Crippen molar-refractivity contribution in [2.24, 2.45) is 0 Å². The number of hydrogen-bond donors (Lipinski definition) is 3. The van der Waals surface area contributed by atoms with Crippen LogP contribution in [0.2, 0.25) is 0 Å². The molecule has 2 amide bonds. The number of nitrogens with one attached hydrogen (secondary N) is 2. The van der Waals surface area contributed by atoms with Crippen LogP contribution < -0.4 is 15.4 Å². The highest BCUT2D eigenvalue weighted by Crippen LogP contribution is 2.34. The van der Waals surface area contributed by atoms with Crippen LogP contribution in [0.1, 0.15) is 16.8 Å². The fourth-order valence-corrected chi connectivity index (χ4v) is 2.97. The predicted octanol–water partition coefficient (Wildman–Crippen LogP) is 0.753. The zero-order valence-corrected chi connectivity index (χ0v) is 13.4. The smallest absolute Gasteiger partial charge is 0.331 e. The van der Waals surface area contributed by atoms with Gasteiger partial charge in [-0.15, -0.1) is 0 Å². The number of fused-ring (bicyclic) bond motifs is 1. The van der Waals surface area contributed by atoms with E-state index < -0.39 is 17.4 Å². The van der Waals surface area contributed by atoms with Gasteiger partial charge >= 0.3 is 5.97 Å². The number of hydrogen-bond acceptors (Lipinski definition) is 5. The zero-order valence-electron chi connectivity index (χ0n) is 11.8. The largest absolute Gasteiger partial charge is 0.482 e. The number of halogens is 1. The van der Waals surface area contributed by atoms with E-state index in [1.807, 2.05) is 0 Å². The first-order valence-electron chi connectivity index (χ1n) is 6.81. The summed E-state index contributed by atoms with van der Waals surface area (Å²) in [5.74, 6) is -1.63. The zero-order chi connectivity index (χ0) is 16.6. The van der Waals surface area contributed by atoms with E-state index in [9.17, 15) is 19.5 Å². The van der Waals surface area contributed by atoms with Gasteiger partial charge in [-0.2, -0.15) is 0 Å². The quantitative estimate of drug-likeness (QED) is 0.708. The van der Waals surface area contributed by atoms with Crippen molar-refractivity contribution in [2.75, 3.05) is 25.1 Å². The molecule has 122 valence electrons. The van der Waals surface area contributed by atoms with Crippen molar-refractivity contribution < 1.29 is 29.0 Å².